The van der Waals surface area contributed by atoms with Crippen LogP contribution in [0.25, 0.3) is 10.8 Å². The number of halogens is 1. The number of fused-ring (bicyclic) bond motifs is 1. The molecule has 3 rings (SSSR count). The molecule has 25 heavy (non-hydrogen) atoms. The van der Waals surface area contributed by atoms with Crippen molar-refractivity contribution >= 4 is 34.3 Å². The maximum absolute atomic E-state index is 12.3. The number of anilines is 1. The Labute approximate surface area is 153 Å². The van der Waals surface area contributed by atoms with Gasteiger partial charge in [0.2, 0.25) is 0 Å². The molecular weight excluding hydrogens is 338 g/mol. The van der Waals surface area contributed by atoms with Gasteiger partial charge in [-0.2, -0.15) is 0 Å². The van der Waals surface area contributed by atoms with E-state index >= 15 is 0 Å². The highest BCUT2D eigenvalue weighted by molar-refractivity contribution is 6.36. The van der Waals surface area contributed by atoms with E-state index in [2.05, 4.69) is 10.3 Å². The van der Waals surface area contributed by atoms with Gasteiger partial charge < -0.3 is 15.0 Å². The van der Waals surface area contributed by atoms with Crippen LogP contribution in [0.5, 0.6) is 0 Å². The molecule has 0 spiro atoms. The summed E-state index contributed by atoms with van der Waals surface area (Å²) in [4.78, 5) is 18.5. The molecule has 2 aromatic rings. The Morgan fingerprint density at radius 3 is 2.92 bits per heavy atom. The zero-order valence-corrected chi connectivity index (χ0v) is 15.6. The van der Waals surface area contributed by atoms with Crippen LogP contribution < -0.4 is 5.32 Å². The molecule has 6 heteroatoms. The molecule has 0 saturated carbocycles. The molecule has 1 fully saturated rings. The van der Waals surface area contributed by atoms with Crippen molar-refractivity contribution in [2.75, 3.05) is 18.4 Å². The van der Waals surface area contributed by atoms with Crippen LogP contribution in [0.1, 0.15) is 33.6 Å². The van der Waals surface area contributed by atoms with Gasteiger partial charge in [-0.25, -0.2) is 9.78 Å². The second kappa shape index (κ2) is 7.08. The zero-order chi connectivity index (χ0) is 18.0. The van der Waals surface area contributed by atoms with Crippen molar-refractivity contribution in [1.29, 1.82) is 0 Å². The number of hydrogen-bond donors (Lipinski definition) is 1. The SMILES string of the molecule is CC(C)(C)OC(=O)N1CCC[C@@H](Nc2nccc3cccc(Cl)c23)C1. The number of carbonyl (C=O) groups is 1. The van der Waals surface area contributed by atoms with Gasteiger partial charge in [-0.1, -0.05) is 23.7 Å². The molecule has 1 N–H and O–H groups in total. The number of likely N-dealkylation sites (tertiary alicyclic amines) is 1. The molecule has 0 aliphatic carbocycles. The van der Waals surface area contributed by atoms with Gasteiger partial charge in [0.1, 0.15) is 11.4 Å². The molecular formula is C19H24ClN3O2. The number of rotatable bonds is 2. The Morgan fingerprint density at radius 2 is 2.16 bits per heavy atom. The Balaban J connectivity index is 1.74. The Bertz CT molecular complexity index is 768. The van der Waals surface area contributed by atoms with E-state index in [-0.39, 0.29) is 12.1 Å². The standard InChI is InChI=1S/C19H24ClN3O2/c1-19(2,3)25-18(24)23-11-5-7-14(12-23)22-17-16-13(9-10-21-17)6-4-8-15(16)20/h4,6,8-10,14H,5,7,11-12H2,1-3H3,(H,21,22)/t14-/m1/s1. The number of carbonyl (C=O) groups excluding carboxylic acids is 1. The molecule has 1 saturated heterocycles. The molecule has 5 nitrogen and oxygen atoms in total. The molecule has 1 aliphatic rings. The molecule has 1 aromatic carbocycles. The van der Waals surface area contributed by atoms with Crippen LogP contribution in [0.2, 0.25) is 5.02 Å². The first-order valence-corrected chi connectivity index (χ1v) is 8.99. The van der Waals surface area contributed by atoms with Crippen LogP contribution in [0.4, 0.5) is 10.6 Å². The van der Waals surface area contributed by atoms with Crippen LogP contribution in [-0.4, -0.2) is 40.7 Å². The minimum atomic E-state index is -0.484. The zero-order valence-electron chi connectivity index (χ0n) is 14.9. The first kappa shape index (κ1) is 17.8. The number of nitrogens with zero attached hydrogens (tertiary/aromatic N) is 2. The first-order chi connectivity index (χ1) is 11.8. The molecule has 2 heterocycles. The third kappa shape index (κ3) is 4.34. The molecule has 1 aliphatic heterocycles. The summed E-state index contributed by atoms with van der Waals surface area (Å²) in [5.41, 5.74) is -0.484. The number of pyridine rings is 1. The van der Waals surface area contributed by atoms with E-state index in [0.29, 0.717) is 11.6 Å². The maximum atomic E-state index is 12.3. The largest absolute Gasteiger partial charge is 0.444 e. The molecule has 1 atom stereocenters. The van der Waals surface area contributed by atoms with Gasteiger partial charge in [-0.15, -0.1) is 0 Å². The van der Waals surface area contributed by atoms with E-state index in [4.69, 9.17) is 16.3 Å². The minimum Gasteiger partial charge on any atom is -0.444 e. The van der Waals surface area contributed by atoms with Gasteiger partial charge in [0.15, 0.2) is 0 Å². The lowest BCUT2D eigenvalue weighted by Gasteiger charge is -2.34. The summed E-state index contributed by atoms with van der Waals surface area (Å²) in [5.74, 6) is 0.763. The van der Waals surface area contributed by atoms with Gasteiger partial charge in [-0.05, 0) is 51.1 Å². The lowest BCUT2D eigenvalue weighted by atomic mass is 10.1. The summed E-state index contributed by atoms with van der Waals surface area (Å²) in [5, 5.41) is 6.11. The van der Waals surface area contributed by atoms with Gasteiger partial charge in [-0.3, -0.25) is 0 Å². The van der Waals surface area contributed by atoms with E-state index in [1.54, 1.807) is 11.1 Å². The highest BCUT2D eigenvalue weighted by Gasteiger charge is 2.28. The fraction of sp³-hybridized carbons (Fsp3) is 0.474. The predicted octanol–water partition coefficient (Wildman–Crippen LogP) is 4.70. The van der Waals surface area contributed by atoms with Crippen LogP contribution >= 0.6 is 11.6 Å². The van der Waals surface area contributed by atoms with Crippen LogP contribution in [0, 0.1) is 0 Å². The smallest absolute Gasteiger partial charge is 0.410 e. The number of aromatic nitrogens is 1. The van der Waals surface area contributed by atoms with Crippen molar-refractivity contribution in [3.05, 3.63) is 35.5 Å². The molecule has 134 valence electrons. The van der Waals surface area contributed by atoms with Crippen molar-refractivity contribution in [1.82, 2.24) is 9.88 Å². The summed E-state index contributed by atoms with van der Waals surface area (Å²) in [7, 11) is 0. The summed E-state index contributed by atoms with van der Waals surface area (Å²) in [6, 6.07) is 7.88. The van der Waals surface area contributed by atoms with Crippen molar-refractivity contribution < 1.29 is 9.53 Å². The van der Waals surface area contributed by atoms with Gasteiger partial charge >= 0.3 is 6.09 Å². The number of benzene rings is 1. The van der Waals surface area contributed by atoms with E-state index in [9.17, 15) is 4.79 Å². The predicted molar refractivity (Wildman–Crippen MR) is 101 cm³/mol. The number of piperidine rings is 1. The van der Waals surface area contributed by atoms with Crippen LogP contribution in [-0.2, 0) is 4.74 Å². The van der Waals surface area contributed by atoms with Crippen molar-refractivity contribution in [2.45, 2.75) is 45.3 Å². The third-order valence-electron chi connectivity index (χ3n) is 4.15. The summed E-state index contributed by atoms with van der Waals surface area (Å²) >= 11 is 6.37. The highest BCUT2D eigenvalue weighted by Crippen LogP contribution is 2.30. The second-order valence-electron chi connectivity index (χ2n) is 7.41. The fourth-order valence-electron chi connectivity index (χ4n) is 3.08. The second-order valence-corrected chi connectivity index (χ2v) is 7.81. The van der Waals surface area contributed by atoms with Gasteiger partial charge in [0, 0.05) is 30.7 Å². The van der Waals surface area contributed by atoms with Crippen LogP contribution in [0.15, 0.2) is 30.5 Å². The maximum Gasteiger partial charge on any atom is 0.410 e. The Hall–Kier alpha value is -2.01. The summed E-state index contributed by atoms with van der Waals surface area (Å²) < 4.78 is 5.49. The lowest BCUT2D eigenvalue weighted by Crippen LogP contribution is -2.47. The minimum absolute atomic E-state index is 0.121. The van der Waals surface area contributed by atoms with Crippen molar-refractivity contribution in [2.24, 2.45) is 0 Å². The average molecular weight is 362 g/mol. The number of amides is 1. The summed E-state index contributed by atoms with van der Waals surface area (Å²) in [6.45, 7) is 6.96. The van der Waals surface area contributed by atoms with Crippen LogP contribution in [0.3, 0.4) is 0 Å². The molecule has 0 unspecified atom stereocenters. The monoisotopic (exact) mass is 361 g/mol. The molecule has 0 radical (unpaired) electrons. The molecule has 1 amide bonds. The fourth-order valence-corrected chi connectivity index (χ4v) is 3.35. The summed E-state index contributed by atoms with van der Waals surface area (Å²) in [6.07, 6.45) is 3.41. The number of ether oxygens (including phenoxy) is 1. The van der Waals surface area contributed by atoms with Gasteiger partial charge in [0.25, 0.3) is 0 Å². The van der Waals surface area contributed by atoms with Crippen molar-refractivity contribution in [3.8, 4) is 0 Å². The Kier molecular flexibility index (Phi) is 5.04. The molecule has 1 aromatic heterocycles. The average Bonchev–Trinajstić information content (AvgIpc) is 2.54. The number of nitrogens with one attached hydrogen (secondary N) is 1. The molecule has 0 bridgehead atoms. The topological polar surface area (TPSA) is 54.5 Å². The van der Waals surface area contributed by atoms with E-state index in [0.717, 1.165) is 36.0 Å². The number of hydrogen-bond acceptors (Lipinski definition) is 4. The van der Waals surface area contributed by atoms with Gasteiger partial charge in [0.05, 0.1) is 5.02 Å². The van der Waals surface area contributed by atoms with E-state index in [1.807, 2.05) is 45.0 Å². The van der Waals surface area contributed by atoms with E-state index in [1.165, 1.54) is 0 Å². The lowest BCUT2D eigenvalue weighted by molar-refractivity contribution is 0.0206. The third-order valence-corrected chi connectivity index (χ3v) is 4.47. The van der Waals surface area contributed by atoms with Crippen molar-refractivity contribution in [3.63, 3.8) is 0 Å². The normalized spacial score (nSPS) is 18.2. The quantitative estimate of drug-likeness (QED) is 0.842. The van der Waals surface area contributed by atoms with E-state index < -0.39 is 5.60 Å². The first-order valence-electron chi connectivity index (χ1n) is 8.61. The Morgan fingerprint density at radius 1 is 1.36 bits per heavy atom. The highest BCUT2D eigenvalue weighted by atomic mass is 35.5.